The van der Waals surface area contributed by atoms with E-state index < -0.39 is 0 Å². The van der Waals surface area contributed by atoms with Crippen LogP contribution < -0.4 is 18.9 Å². The second-order valence-corrected chi connectivity index (χ2v) is 0.530. The molecule has 0 radical (unpaired) electrons. The second-order valence-electron chi connectivity index (χ2n) is 0.530. The fourth-order valence-electron chi connectivity index (χ4n) is 0. The van der Waals surface area contributed by atoms with Crippen molar-refractivity contribution in [1.29, 1.82) is 0 Å². The SMILES string of the molecule is [C-]#CCC.[Li+]. The minimum Gasteiger partial charge on any atom is -0.694 e. The van der Waals surface area contributed by atoms with Crippen LogP contribution in [0.25, 0.3) is 0 Å². The molecule has 0 amide bonds. The van der Waals surface area contributed by atoms with E-state index in [1.165, 1.54) is 0 Å². The molecule has 0 saturated heterocycles. The Morgan fingerprint density at radius 3 is 2.00 bits per heavy atom. The third-order valence-corrected chi connectivity index (χ3v) is 0.177. The Kier molecular flexibility index (Phi) is 15.9. The quantitative estimate of drug-likeness (QED) is 0.172. The van der Waals surface area contributed by atoms with E-state index in [1.807, 2.05) is 6.92 Å². The molecule has 0 spiro atoms. The number of rotatable bonds is 0. The molecular weight excluding hydrogens is 55.0 g/mol. The van der Waals surface area contributed by atoms with Crippen LogP contribution in [-0.2, 0) is 0 Å². The number of hydrogen-bond donors (Lipinski definition) is 0. The Labute approximate surface area is 45.1 Å². The van der Waals surface area contributed by atoms with Gasteiger partial charge in [0.2, 0.25) is 0 Å². The summed E-state index contributed by atoms with van der Waals surface area (Å²) in [6.45, 7) is 1.88. The van der Waals surface area contributed by atoms with Crippen LogP contribution >= 0.6 is 0 Å². The predicted octanol–water partition coefficient (Wildman–Crippen LogP) is -2.01. The Balaban J connectivity index is 0. The van der Waals surface area contributed by atoms with Crippen molar-refractivity contribution in [2.75, 3.05) is 0 Å². The van der Waals surface area contributed by atoms with E-state index in [9.17, 15) is 0 Å². The van der Waals surface area contributed by atoms with Crippen LogP contribution in [0.3, 0.4) is 0 Å². The Morgan fingerprint density at radius 2 is 2.00 bits per heavy atom. The zero-order chi connectivity index (χ0) is 3.41. The molecule has 0 nitrogen and oxygen atoms in total. The normalized spacial score (nSPS) is 4.00. The minimum absolute atomic E-state index is 0. The average molecular weight is 60.0 g/mol. The van der Waals surface area contributed by atoms with Gasteiger partial charge in [-0.15, -0.1) is 0 Å². The Bertz CT molecular complexity index is 33.4. The van der Waals surface area contributed by atoms with Gasteiger partial charge < -0.3 is 12.3 Å². The molecule has 1 heteroatoms. The zero-order valence-electron chi connectivity index (χ0n) is 3.71. The molecule has 0 bridgehead atoms. The third-order valence-electron chi connectivity index (χ3n) is 0.177. The molecule has 0 unspecified atom stereocenters. The Hall–Kier alpha value is 0.157. The molecule has 0 heterocycles. The summed E-state index contributed by atoms with van der Waals surface area (Å²) in [7, 11) is 0. The van der Waals surface area contributed by atoms with E-state index >= 15 is 0 Å². The maximum absolute atomic E-state index is 6.20. The fourth-order valence-corrected chi connectivity index (χ4v) is 0. The van der Waals surface area contributed by atoms with Gasteiger partial charge in [-0.2, -0.15) is 0 Å². The van der Waals surface area contributed by atoms with Gasteiger partial charge in [0.1, 0.15) is 0 Å². The van der Waals surface area contributed by atoms with Gasteiger partial charge in [-0.05, 0) is 6.42 Å². The van der Waals surface area contributed by atoms with Crippen molar-refractivity contribution in [2.45, 2.75) is 13.3 Å². The van der Waals surface area contributed by atoms with E-state index in [4.69, 9.17) is 6.42 Å². The average Bonchev–Trinajstić information content (AvgIpc) is 1.37. The summed E-state index contributed by atoms with van der Waals surface area (Å²) in [5.41, 5.74) is 0. The topological polar surface area (TPSA) is 0 Å². The van der Waals surface area contributed by atoms with E-state index in [0.717, 1.165) is 6.42 Å². The van der Waals surface area contributed by atoms with Gasteiger partial charge in [-0.1, -0.05) is 6.92 Å². The third kappa shape index (κ3) is 14.4. The van der Waals surface area contributed by atoms with Crippen LogP contribution in [0.4, 0.5) is 0 Å². The monoisotopic (exact) mass is 60.1 g/mol. The van der Waals surface area contributed by atoms with Crippen molar-refractivity contribution in [3.05, 3.63) is 6.42 Å². The Morgan fingerprint density at radius 1 is 1.80 bits per heavy atom. The van der Waals surface area contributed by atoms with Gasteiger partial charge in [-0.3, -0.25) is 0 Å². The first-order valence-corrected chi connectivity index (χ1v) is 1.31. The number of hydrogen-bond acceptors (Lipinski definition) is 0. The largest absolute Gasteiger partial charge is 1.00 e. The molecule has 0 saturated carbocycles. The van der Waals surface area contributed by atoms with Gasteiger partial charge in [-0.25, -0.2) is 0 Å². The first-order chi connectivity index (χ1) is 1.91. The second kappa shape index (κ2) is 8.90. The molecule has 0 aliphatic rings. The molecule has 0 N–H and O–H groups in total. The molecule has 5 heavy (non-hydrogen) atoms. The minimum atomic E-state index is 0. The van der Waals surface area contributed by atoms with E-state index in [-0.39, 0.29) is 18.9 Å². The molecule has 0 fully saturated rings. The summed E-state index contributed by atoms with van der Waals surface area (Å²) in [5, 5.41) is 0. The van der Waals surface area contributed by atoms with Crippen molar-refractivity contribution in [2.24, 2.45) is 0 Å². The van der Waals surface area contributed by atoms with Crippen LogP contribution in [0, 0.1) is 12.3 Å². The summed E-state index contributed by atoms with van der Waals surface area (Å²) in [4.78, 5) is 0. The summed E-state index contributed by atoms with van der Waals surface area (Å²) < 4.78 is 0. The summed E-state index contributed by atoms with van der Waals surface area (Å²) in [5.74, 6) is 2.18. The summed E-state index contributed by atoms with van der Waals surface area (Å²) in [6, 6.07) is 0. The van der Waals surface area contributed by atoms with Crippen LogP contribution in [-0.4, -0.2) is 0 Å². The first kappa shape index (κ1) is 8.94. The molecule has 0 aromatic heterocycles. The fraction of sp³-hybridized carbons (Fsp3) is 0.500. The first-order valence-electron chi connectivity index (χ1n) is 1.31. The van der Waals surface area contributed by atoms with Gasteiger partial charge in [0.25, 0.3) is 0 Å². The zero-order valence-corrected chi connectivity index (χ0v) is 3.71. The predicted molar refractivity (Wildman–Crippen MR) is 17.4 cm³/mol. The van der Waals surface area contributed by atoms with Gasteiger partial charge in [0, 0.05) is 0 Å². The maximum atomic E-state index is 6.20. The van der Waals surface area contributed by atoms with Crippen LogP contribution in [0.5, 0.6) is 0 Å². The standard InChI is InChI=1S/C4H5.Li/c1-3-4-2;/h3H2,1H3;/q-1;+1. The molecule has 0 aromatic rings. The summed E-state index contributed by atoms with van der Waals surface area (Å²) >= 11 is 0. The molecule has 0 aliphatic carbocycles. The van der Waals surface area contributed by atoms with Gasteiger partial charge in [0.05, 0.1) is 0 Å². The molecular formula is C4H5Li. The van der Waals surface area contributed by atoms with Crippen molar-refractivity contribution < 1.29 is 18.9 Å². The van der Waals surface area contributed by atoms with Crippen molar-refractivity contribution in [3.8, 4) is 5.92 Å². The van der Waals surface area contributed by atoms with Crippen molar-refractivity contribution >= 4 is 0 Å². The molecule has 0 aliphatic heterocycles. The van der Waals surface area contributed by atoms with E-state index in [1.54, 1.807) is 0 Å². The smallest absolute Gasteiger partial charge is 0.694 e. The molecule has 0 atom stereocenters. The maximum Gasteiger partial charge on any atom is 1.00 e. The molecule has 0 rings (SSSR count). The van der Waals surface area contributed by atoms with Gasteiger partial charge >= 0.3 is 18.9 Å². The van der Waals surface area contributed by atoms with E-state index in [2.05, 4.69) is 5.92 Å². The van der Waals surface area contributed by atoms with E-state index in [0.29, 0.717) is 0 Å². The molecule has 22 valence electrons. The van der Waals surface area contributed by atoms with Crippen LogP contribution in [0.2, 0.25) is 0 Å². The van der Waals surface area contributed by atoms with Crippen molar-refractivity contribution in [1.82, 2.24) is 0 Å². The molecule has 0 aromatic carbocycles. The van der Waals surface area contributed by atoms with Gasteiger partial charge in [0.15, 0.2) is 0 Å². The van der Waals surface area contributed by atoms with Crippen LogP contribution in [0.1, 0.15) is 13.3 Å². The van der Waals surface area contributed by atoms with Crippen molar-refractivity contribution in [3.63, 3.8) is 0 Å². The van der Waals surface area contributed by atoms with Crippen LogP contribution in [0.15, 0.2) is 0 Å². The summed E-state index contributed by atoms with van der Waals surface area (Å²) in [6.07, 6.45) is 6.94.